The summed E-state index contributed by atoms with van der Waals surface area (Å²) in [5, 5.41) is 0. The second-order valence-electron chi connectivity index (χ2n) is 7.72. The smallest absolute Gasteiger partial charge is 0.227 e. The molecule has 0 saturated carbocycles. The zero-order chi connectivity index (χ0) is 20.6. The Balaban J connectivity index is 1.68. The number of nitrogens with zero attached hydrogens (tertiary/aromatic N) is 3. The summed E-state index contributed by atoms with van der Waals surface area (Å²) < 4.78 is 10.8. The molecule has 3 rings (SSSR count). The third-order valence-electron chi connectivity index (χ3n) is 5.31. The fourth-order valence-electron chi connectivity index (χ4n) is 3.84. The molecule has 1 unspecified atom stereocenters. The normalized spacial score (nSPS) is 16.8. The van der Waals surface area contributed by atoms with E-state index < -0.39 is 0 Å². The molecule has 1 amide bonds. The maximum absolute atomic E-state index is 12.9. The van der Waals surface area contributed by atoms with Crippen LogP contribution in [-0.2, 0) is 27.3 Å². The number of benzene rings is 1. The van der Waals surface area contributed by atoms with Crippen molar-refractivity contribution in [2.24, 2.45) is 0 Å². The molecule has 0 bridgehead atoms. The number of ether oxygens (including phenoxy) is 2. The summed E-state index contributed by atoms with van der Waals surface area (Å²) in [5.74, 6) is 1.15. The Morgan fingerprint density at radius 1 is 1.28 bits per heavy atom. The van der Waals surface area contributed by atoms with E-state index in [0.717, 1.165) is 42.0 Å². The Bertz CT molecular complexity index is 825. The molecule has 0 N–H and O–H groups in total. The predicted octanol–water partition coefficient (Wildman–Crippen LogP) is 3.21. The number of carbonyl (C=O) groups excluding carboxylic acids is 1. The van der Waals surface area contributed by atoms with E-state index in [0.29, 0.717) is 32.8 Å². The number of aromatic nitrogens is 2. The summed E-state index contributed by atoms with van der Waals surface area (Å²) in [6.45, 7) is 7.03. The highest BCUT2D eigenvalue weighted by atomic mass is 16.5. The molecule has 0 spiro atoms. The average Bonchev–Trinajstić information content (AvgIpc) is 2.72. The quantitative estimate of drug-likeness (QED) is 0.640. The highest BCUT2D eigenvalue weighted by Gasteiger charge is 2.27. The van der Waals surface area contributed by atoms with Gasteiger partial charge in [0.1, 0.15) is 5.82 Å². The molecule has 1 atom stereocenters. The molecular formula is C23H31N3O3. The third-order valence-corrected chi connectivity index (χ3v) is 5.31. The van der Waals surface area contributed by atoms with Crippen molar-refractivity contribution in [3.63, 3.8) is 0 Å². The number of aryl methyl sites for hydroxylation is 2. The summed E-state index contributed by atoms with van der Waals surface area (Å²) in [5.41, 5.74) is 4.27. The second-order valence-corrected chi connectivity index (χ2v) is 7.72. The number of rotatable bonds is 8. The largest absolute Gasteiger partial charge is 0.382 e. The van der Waals surface area contributed by atoms with Crippen LogP contribution in [0.25, 0.3) is 0 Å². The lowest BCUT2D eigenvalue weighted by Gasteiger charge is -2.33. The van der Waals surface area contributed by atoms with Gasteiger partial charge < -0.3 is 14.4 Å². The van der Waals surface area contributed by atoms with Crippen molar-refractivity contribution in [3.8, 4) is 0 Å². The Kier molecular flexibility index (Phi) is 7.72. The van der Waals surface area contributed by atoms with Crippen molar-refractivity contribution in [1.82, 2.24) is 14.9 Å². The van der Waals surface area contributed by atoms with Crippen molar-refractivity contribution < 1.29 is 14.3 Å². The Morgan fingerprint density at radius 3 is 2.93 bits per heavy atom. The van der Waals surface area contributed by atoms with Crippen molar-refractivity contribution >= 4 is 5.91 Å². The molecule has 156 valence electrons. The Hall–Kier alpha value is -2.31. The standard InChI is InChI=1S/C23H31N3O3/c1-17-6-4-7-19(12-17)13-22(27)26-9-5-8-20(15-26)23-21(14-24-18(2)25-23)16-29-11-10-28-3/h4,6-7,12,14,20H,5,8-11,13,15-16H2,1-3H3. The van der Waals surface area contributed by atoms with E-state index in [1.165, 1.54) is 5.56 Å². The van der Waals surface area contributed by atoms with Crippen molar-refractivity contribution in [1.29, 1.82) is 0 Å². The molecule has 2 heterocycles. The number of hydrogen-bond donors (Lipinski definition) is 0. The minimum atomic E-state index is 0.184. The fraction of sp³-hybridized carbons (Fsp3) is 0.522. The first-order chi connectivity index (χ1) is 14.1. The summed E-state index contributed by atoms with van der Waals surface area (Å²) >= 11 is 0. The number of likely N-dealkylation sites (tertiary alicyclic amines) is 1. The highest BCUT2D eigenvalue weighted by molar-refractivity contribution is 5.79. The fourth-order valence-corrected chi connectivity index (χ4v) is 3.84. The molecular weight excluding hydrogens is 366 g/mol. The third kappa shape index (κ3) is 6.08. The van der Waals surface area contributed by atoms with Gasteiger partial charge in [0.15, 0.2) is 0 Å². The molecule has 1 saturated heterocycles. The van der Waals surface area contributed by atoms with E-state index in [1.807, 2.05) is 30.2 Å². The first-order valence-corrected chi connectivity index (χ1v) is 10.3. The maximum Gasteiger partial charge on any atom is 0.227 e. The van der Waals surface area contributed by atoms with Gasteiger partial charge in [0, 0.05) is 37.9 Å². The van der Waals surface area contributed by atoms with Crippen LogP contribution >= 0.6 is 0 Å². The monoisotopic (exact) mass is 397 g/mol. The van der Waals surface area contributed by atoms with Gasteiger partial charge in [-0.1, -0.05) is 29.8 Å². The van der Waals surface area contributed by atoms with Crippen LogP contribution in [0.2, 0.25) is 0 Å². The summed E-state index contributed by atoms with van der Waals surface area (Å²) in [4.78, 5) is 24.0. The minimum Gasteiger partial charge on any atom is -0.382 e. The van der Waals surface area contributed by atoms with Crippen molar-refractivity contribution in [2.75, 3.05) is 33.4 Å². The van der Waals surface area contributed by atoms with Crippen LogP contribution in [0.15, 0.2) is 30.5 Å². The minimum absolute atomic E-state index is 0.184. The summed E-state index contributed by atoms with van der Waals surface area (Å²) in [6, 6.07) is 8.17. The number of methoxy groups -OCH3 is 1. The molecule has 6 nitrogen and oxygen atoms in total. The van der Waals surface area contributed by atoms with Gasteiger partial charge in [-0.3, -0.25) is 4.79 Å². The van der Waals surface area contributed by atoms with Crippen LogP contribution in [-0.4, -0.2) is 54.2 Å². The predicted molar refractivity (Wildman–Crippen MR) is 112 cm³/mol. The van der Waals surface area contributed by atoms with Crippen LogP contribution < -0.4 is 0 Å². The van der Waals surface area contributed by atoms with Gasteiger partial charge in [0.2, 0.25) is 5.91 Å². The SMILES string of the molecule is COCCOCc1cnc(C)nc1C1CCCN(C(=O)Cc2cccc(C)c2)C1. The topological polar surface area (TPSA) is 64.6 Å². The molecule has 1 aliphatic rings. The van der Waals surface area contributed by atoms with Crippen molar-refractivity contribution in [3.05, 3.63) is 58.7 Å². The van der Waals surface area contributed by atoms with E-state index in [2.05, 4.69) is 24.0 Å². The molecule has 6 heteroatoms. The first-order valence-electron chi connectivity index (χ1n) is 10.3. The van der Waals surface area contributed by atoms with Crippen molar-refractivity contribution in [2.45, 2.75) is 45.6 Å². The van der Waals surface area contributed by atoms with Crippen LogP contribution in [0, 0.1) is 13.8 Å². The number of hydrogen-bond acceptors (Lipinski definition) is 5. The van der Waals surface area contributed by atoms with E-state index in [-0.39, 0.29) is 11.8 Å². The number of carbonyl (C=O) groups is 1. The van der Waals surface area contributed by atoms with Gasteiger partial charge in [0.05, 0.1) is 31.9 Å². The molecule has 1 fully saturated rings. The van der Waals surface area contributed by atoms with Gasteiger partial charge in [-0.05, 0) is 32.3 Å². The Labute approximate surface area is 173 Å². The van der Waals surface area contributed by atoms with Crippen LogP contribution in [0.1, 0.15) is 47.0 Å². The van der Waals surface area contributed by atoms with E-state index in [4.69, 9.17) is 14.5 Å². The molecule has 1 aromatic heterocycles. The van der Waals surface area contributed by atoms with Gasteiger partial charge in [0.25, 0.3) is 0 Å². The van der Waals surface area contributed by atoms with Gasteiger partial charge >= 0.3 is 0 Å². The van der Waals surface area contributed by atoms with E-state index in [9.17, 15) is 4.79 Å². The second kappa shape index (κ2) is 10.5. The zero-order valence-electron chi connectivity index (χ0n) is 17.7. The van der Waals surface area contributed by atoms with Gasteiger partial charge in [-0.25, -0.2) is 9.97 Å². The highest BCUT2D eigenvalue weighted by Crippen LogP contribution is 2.28. The lowest BCUT2D eigenvalue weighted by atomic mass is 9.91. The molecule has 2 aromatic rings. The van der Waals surface area contributed by atoms with Crippen LogP contribution in [0.4, 0.5) is 0 Å². The number of amides is 1. The van der Waals surface area contributed by atoms with Crippen LogP contribution in [0.3, 0.4) is 0 Å². The van der Waals surface area contributed by atoms with Gasteiger partial charge in [-0.2, -0.15) is 0 Å². The molecule has 0 aliphatic carbocycles. The summed E-state index contributed by atoms with van der Waals surface area (Å²) in [7, 11) is 1.66. The van der Waals surface area contributed by atoms with E-state index in [1.54, 1.807) is 7.11 Å². The lowest BCUT2D eigenvalue weighted by Crippen LogP contribution is -2.40. The summed E-state index contributed by atoms with van der Waals surface area (Å²) in [6.07, 6.45) is 4.31. The zero-order valence-corrected chi connectivity index (χ0v) is 17.7. The first kappa shape index (κ1) is 21.4. The lowest BCUT2D eigenvalue weighted by molar-refractivity contribution is -0.131. The molecule has 1 aliphatic heterocycles. The van der Waals surface area contributed by atoms with Crippen LogP contribution in [0.5, 0.6) is 0 Å². The average molecular weight is 398 g/mol. The number of piperidine rings is 1. The maximum atomic E-state index is 12.9. The molecule has 1 aromatic carbocycles. The Morgan fingerprint density at radius 2 is 2.14 bits per heavy atom. The van der Waals surface area contributed by atoms with E-state index >= 15 is 0 Å². The van der Waals surface area contributed by atoms with Gasteiger partial charge in [-0.15, -0.1) is 0 Å². The molecule has 29 heavy (non-hydrogen) atoms. The molecule has 0 radical (unpaired) electrons.